The van der Waals surface area contributed by atoms with Crippen molar-refractivity contribution in [3.05, 3.63) is 63.6 Å². The fraction of sp³-hybridized carbons (Fsp3) is 0.294. The van der Waals surface area contributed by atoms with Gasteiger partial charge < -0.3 is 10.1 Å². The van der Waals surface area contributed by atoms with Gasteiger partial charge in [-0.15, -0.1) is 0 Å². The van der Waals surface area contributed by atoms with Crippen LogP contribution in [0.3, 0.4) is 0 Å². The maximum Gasteiger partial charge on any atom is 0.119 e. The zero-order chi connectivity index (χ0) is 15.2. The standard InChI is InChI=1S/C17H19Cl2NO/c1-3-10-21-14-7-4-12(5-8-14)17(20-2)13-6-9-15(18)16(19)11-13/h4-9,11,17,20H,3,10H2,1-2H3. The molecule has 112 valence electrons. The van der Waals surface area contributed by atoms with Gasteiger partial charge in [-0.25, -0.2) is 0 Å². The topological polar surface area (TPSA) is 21.3 Å². The smallest absolute Gasteiger partial charge is 0.119 e. The molecule has 0 fully saturated rings. The molecule has 0 heterocycles. The van der Waals surface area contributed by atoms with Crippen LogP contribution in [0.2, 0.25) is 10.0 Å². The summed E-state index contributed by atoms with van der Waals surface area (Å²) in [6.45, 7) is 2.83. The van der Waals surface area contributed by atoms with Crippen LogP contribution in [-0.4, -0.2) is 13.7 Å². The van der Waals surface area contributed by atoms with Gasteiger partial charge in [0.2, 0.25) is 0 Å². The van der Waals surface area contributed by atoms with Crippen molar-refractivity contribution in [2.75, 3.05) is 13.7 Å². The van der Waals surface area contributed by atoms with Crippen molar-refractivity contribution < 1.29 is 4.74 Å². The fourth-order valence-corrected chi connectivity index (χ4v) is 2.50. The van der Waals surface area contributed by atoms with E-state index in [1.807, 2.05) is 37.4 Å². The van der Waals surface area contributed by atoms with Gasteiger partial charge in [-0.2, -0.15) is 0 Å². The molecule has 1 unspecified atom stereocenters. The predicted octanol–water partition coefficient (Wildman–Crippen LogP) is 5.09. The van der Waals surface area contributed by atoms with E-state index in [1.165, 1.54) is 0 Å². The van der Waals surface area contributed by atoms with Crippen molar-refractivity contribution in [3.63, 3.8) is 0 Å². The van der Waals surface area contributed by atoms with Crippen LogP contribution in [0.15, 0.2) is 42.5 Å². The minimum atomic E-state index is 0.0694. The molecule has 4 heteroatoms. The molecule has 0 bridgehead atoms. The highest BCUT2D eigenvalue weighted by atomic mass is 35.5. The van der Waals surface area contributed by atoms with E-state index in [2.05, 4.69) is 24.4 Å². The van der Waals surface area contributed by atoms with Gasteiger partial charge in [-0.1, -0.05) is 48.3 Å². The van der Waals surface area contributed by atoms with Gasteiger partial charge in [0.25, 0.3) is 0 Å². The largest absolute Gasteiger partial charge is 0.494 e. The molecule has 0 aliphatic carbocycles. The highest BCUT2D eigenvalue weighted by Crippen LogP contribution is 2.29. The number of halogens is 2. The molecule has 0 aliphatic heterocycles. The van der Waals surface area contributed by atoms with Crippen molar-refractivity contribution >= 4 is 23.2 Å². The molecule has 2 nitrogen and oxygen atoms in total. The molecule has 0 saturated carbocycles. The second-order valence-corrected chi connectivity index (χ2v) is 5.63. The molecule has 0 amide bonds. The minimum absolute atomic E-state index is 0.0694. The van der Waals surface area contributed by atoms with Crippen LogP contribution in [0.1, 0.15) is 30.5 Å². The zero-order valence-corrected chi connectivity index (χ0v) is 13.7. The Kier molecular flexibility index (Phi) is 5.92. The lowest BCUT2D eigenvalue weighted by Crippen LogP contribution is -2.17. The molecule has 21 heavy (non-hydrogen) atoms. The Morgan fingerprint density at radius 3 is 2.24 bits per heavy atom. The number of nitrogens with one attached hydrogen (secondary N) is 1. The Morgan fingerprint density at radius 2 is 1.67 bits per heavy atom. The Hall–Kier alpha value is -1.22. The molecular formula is C17H19Cl2NO. The van der Waals surface area contributed by atoms with Crippen LogP contribution >= 0.6 is 23.2 Å². The SMILES string of the molecule is CCCOc1ccc(C(NC)c2ccc(Cl)c(Cl)c2)cc1. The van der Waals surface area contributed by atoms with Crippen LogP contribution in [0.5, 0.6) is 5.75 Å². The quantitative estimate of drug-likeness (QED) is 0.799. The first-order valence-electron chi connectivity index (χ1n) is 7.00. The molecule has 2 aromatic rings. The van der Waals surface area contributed by atoms with Crippen LogP contribution in [0, 0.1) is 0 Å². The first-order valence-corrected chi connectivity index (χ1v) is 7.76. The fourth-order valence-electron chi connectivity index (χ4n) is 2.19. The van der Waals surface area contributed by atoms with E-state index in [-0.39, 0.29) is 6.04 Å². The molecule has 0 spiro atoms. The second kappa shape index (κ2) is 7.69. The summed E-state index contributed by atoms with van der Waals surface area (Å²) < 4.78 is 5.61. The van der Waals surface area contributed by atoms with E-state index in [9.17, 15) is 0 Å². The monoisotopic (exact) mass is 323 g/mol. The third-order valence-corrected chi connectivity index (χ3v) is 3.99. The van der Waals surface area contributed by atoms with Gasteiger partial charge in [0.05, 0.1) is 22.7 Å². The van der Waals surface area contributed by atoms with Crippen molar-refractivity contribution in [2.24, 2.45) is 0 Å². The summed E-state index contributed by atoms with van der Waals surface area (Å²) in [5.41, 5.74) is 2.23. The van der Waals surface area contributed by atoms with E-state index in [0.29, 0.717) is 10.0 Å². The summed E-state index contributed by atoms with van der Waals surface area (Å²) in [4.78, 5) is 0. The first-order chi connectivity index (χ1) is 10.2. The van der Waals surface area contributed by atoms with Gasteiger partial charge >= 0.3 is 0 Å². The van der Waals surface area contributed by atoms with E-state index in [1.54, 1.807) is 0 Å². The third-order valence-electron chi connectivity index (χ3n) is 3.25. The molecule has 0 aliphatic rings. The Labute approximate surface area is 136 Å². The maximum absolute atomic E-state index is 6.11. The van der Waals surface area contributed by atoms with Gasteiger partial charge in [0, 0.05) is 0 Å². The van der Waals surface area contributed by atoms with Crippen LogP contribution in [0.25, 0.3) is 0 Å². The third kappa shape index (κ3) is 4.13. The first kappa shape index (κ1) is 16.2. The molecule has 1 atom stereocenters. The molecule has 2 aromatic carbocycles. The summed E-state index contributed by atoms with van der Waals surface area (Å²) in [5, 5.41) is 4.44. The van der Waals surface area contributed by atoms with Gasteiger partial charge in [-0.3, -0.25) is 0 Å². The molecular weight excluding hydrogens is 305 g/mol. The second-order valence-electron chi connectivity index (χ2n) is 4.81. The van der Waals surface area contributed by atoms with Crippen molar-refractivity contribution in [3.8, 4) is 5.75 Å². The predicted molar refractivity (Wildman–Crippen MR) is 89.6 cm³/mol. The van der Waals surface area contributed by atoms with Crippen LogP contribution < -0.4 is 10.1 Å². The van der Waals surface area contributed by atoms with E-state index in [4.69, 9.17) is 27.9 Å². The zero-order valence-electron chi connectivity index (χ0n) is 12.2. The number of rotatable bonds is 6. The molecule has 1 N–H and O–H groups in total. The molecule has 0 radical (unpaired) electrons. The van der Waals surface area contributed by atoms with Crippen LogP contribution in [-0.2, 0) is 0 Å². The molecule has 0 aromatic heterocycles. The van der Waals surface area contributed by atoms with Gasteiger partial charge in [0.1, 0.15) is 5.75 Å². The van der Waals surface area contributed by atoms with Gasteiger partial charge in [0.15, 0.2) is 0 Å². The lowest BCUT2D eigenvalue weighted by atomic mass is 9.99. The number of ether oxygens (including phenoxy) is 1. The number of benzene rings is 2. The summed E-state index contributed by atoms with van der Waals surface area (Å²) in [6, 6.07) is 13.9. The van der Waals surface area contributed by atoms with E-state index in [0.717, 1.165) is 29.9 Å². The summed E-state index contributed by atoms with van der Waals surface area (Å²) >= 11 is 12.1. The summed E-state index contributed by atoms with van der Waals surface area (Å²) in [7, 11) is 1.93. The average Bonchev–Trinajstić information content (AvgIpc) is 2.50. The summed E-state index contributed by atoms with van der Waals surface area (Å²) in [5.74, 6) is 0.893. The number of hydrogen-bond acceptors (Lipinski definition) is 2. The summed E-state index contributed by atoms with van der Waals surface area (Å²) in [6.07, 6.45) is 1.00. The highest BCUT2D eigenvalue weighted by Gasteiger charge is 2.13. The Balaban J connectivity index is 2.22. The Bertz CT molecular complexity index is 584. The lowest BCUT2D eigenvalue weighted by molar-refractivity contribution is 0.317. The molecule has 2 rings (SSSR count). The van der Waals surface area contributed by atoms with Crippen molar-refractivity contribution in [2.45, 2.75) is 19.4 Å². The van der Waals surface area contributed by atoms with E-state index >= 15 is 0 Å². The average molecular weight is 324 g/mol. The number of hydrogen-bond donors (Lipinski definition) is 1. The van der Waals surface area contributed by atoms with Gasteiger partial charge in [-0.05, 0) is 48.9 Å². The van der Waals surface area contributed by atoms with E-state index < -0.39 is 0 Å². The highest BCUT2D eigenvalue weighted by molar-refractivity contribution is 6.42. The van der Waals surface area contributed by atoms with Crippen LogP contribution in [0.4, 0.5) is 0 Å². The lowest BCUT2D eigenvalue weighted by Gasteiger charge is -2.18. The maximum atomic E-state index is 6.11. The Morgan fingerprint density at radius 1 is 1.00 bits per heavy atom. The van der Waals surface area contributed by atoms with Crippen molar-refractivity contribution in [1.82, 2.24) is 5.32 Å². The van der Waals surface area contributed by atoms with Crippen molar-refractivity contribution in [1.29, 1.82) is 0 Å². The molecule has 0 saturated heterocycles. The minimum Gasteiger partial charge on any atom is -0.494 e. The normalized spacial score (nSPS) is 12.2.